The lowest BCUT2D eigenvalue weighted by molar-refractivity contribution is -0.255. The van der Waals surface area contributed by atoms with Crippen LogP contribution in [-0.4, -0.2) is 15.7 Å². The van der Waals surface area contributed by atoms with E-state index >= 15 is 0 Å². The molecule has 6 nitrogen and oxygen atoms in total. The van der Waals surface area contributed by atoms with Gasteiger partial charge in [-0.05, 0) is 31.5 Å². The molecule has 0 fully saturated rings. The van der Waals surface area contributed by atoms with Gasteiger partial charge < -0.3 is 9.90 Å². The van der Waals surface area contributed by atoms with Gasteiger partial charge in [-0.3, -0.25) is 4.68 Å². The van der Waals surface area contributed by atoms with Crippen molar-refractivity contribution in [2.45, 2.75) is 13.8 Å². The summed E-state index contributed by atoms with van der Waals surface area (Å²) in [7, 11) is 1.84. The molecular formula is C13H13N4O2-. The molecule has 0 saturated heterocycles. The lowest BCUT2D eigenvalue weighted by atomic mass is 10.2. The van der Waals surface area contributed by atoms with E-state index < -0.39 is 5.97 Å². The normalized spacial score (nSPS) is 11.1. The van der Waals surface area contributed by atoms with Crippen LogP contribution in [0.1, 0.15) is 21.7 Å². The predicted octanol–water partition coefficient (Wildman–Crippen LogP) is 1.82. The van der Waals surface area contributed by atoms with E-state index in [2.05, 4.69) is 15.3 Å². The molecule has 6 heteroatoms. The largest absolute Gasteiger partial charge is 0.545 e. The number of aryl methyl sites for hydroxylation is 2. The Kier molecular flexibility index (Phi) is 3.41. The molecule has 0 aliphatic heterocycles. The quantitative estimate of drug-likeness (QED) is 0.786. The molecule has 0 radical (unpaired) electrons. The summed E-state index contributed by atoms with van der Waals surface area (Å²) in [5.41, 5.74) is 3.15. The van der Waals surface area contributed by atoms with Crippen LogP contribution in [0.2, 0.25) is 0 Å². The van der Waals surface area contributed by atoms with Crippen molar-refractivity contribution in [3.8, 4) is 0 Å². The third-order valence-corrected chi connectivity index (χ3v) is 2.84. The van der Waals surface area contributed by atoms with Gasteiger partial charge >= 0.3 is 0 Å². The number of carbonyl (C=O) groups is 1. The molecule has 1 aromatic carbocycles. The van der Waals surface area contributed by atoms with Crippen molar-refractivity contribution >= 4 is 17.3 Å². The monoisotopic (exact) mass is 257 g/mol. The maximum Gasteiger partial charge on any atom is 0.129 e. The topological polar surface area (TPSA) is 82.7 Å². The Hall–Kier alpha value is -2.50. The first-order valence-electron chi connectivity index (χ1n) is 5.72. The van der Waals surface area contributed by atoms with Gasteiger partial charge in [0.2, 0.25) is 0 Å². The fourth-order valence-electron chi connectivity index (χ4n) is 1.68. The van der Waals surface area contributed by atoms with Crippen molar-refractivity contribution in [3.63, 3.8) is 0 Å². The molecule has 98 valence electrons. The van der Waals surface area contributed by atoms with Gasteiger partial charge in [0.15, 0.2) is 0 Å². The Labute approximate surface area is 110 Å². The highest BCUT2D eigenvalue weighted by molar-refractivity contribution is 5.86. The van der Waals surface area contributed by atoms with E-state index in [4.69, 9.17) is 0 Å². The van der Waals surface area contributed by atoms with Crippen LogP contribution in [0, 0.1) is 13.8 Å². The second-order valence-corrected chi connectivity index (χ2v) is 4.18. The number of azo groups is 1. The maximum absolute atomic E-state index is 10.6. The SMILES string of the molecule is Cc1nn(C)c(C)c1N=Nc1ccc(C(=O)[O-])cc1. The van der Waals surface area contributed by atoms with Crippen LogP contribution in [0.5, 0.6) is 0 Å². The Morgan fingerprint density at radius 3 is 2.32 bits per heavy atom. The molecule has 0 aliphatic rings. The number of carboxylic acid groups (broad SMARTS) is 1. The lowest BCUT2D eigenvalue weighted by Crippen LogP contribution is -2.21. The minimum Gasteiger partial charge on any atom is -0.545 e. The van der Waals surface area contributed by atoms with E-state index in [1.54, 1.807) is 16.8 Å². The molecule has 0 aliphatic carbocycles. The zero-order valence-corrected chi connectivity index (χ0v) is 10.9. The molecule has 0 bridgehead atoms. The number of carbonyl (C=O) groups excluding carboxylic acids is 1. The van der Waals surface area contributed by atoms with Crippen LogP contribution in [-0.2, 0) is 7.05 Å². The molecule has 0 unspecified atom stereocenters. The van der Waals surface area contributed by atoms with E-state index in [9.17, 15) is 9.90 Å². The number of aromatic carboxylic acids is 1. The molecule has 1 heterocycles. The van der Waals surface area contributed by atoms with Crippen molar-refractivity contribution in [3.05, 3.63) is 41.2 Å². The van der Waals surface area contributed by atoms with E-state index in [1.165, 1.54) is 12.1 Å². The number of nitrogens with zero attached hydrogens (tertiary/aromatic N) is 4. The molecule has 0 N–H and O–H groups in total. The van der Waals surface area contributed by atoms with Crippen LogP contribution >= 0.6 is 0 Å². The van der Waals surface area contributed by atoms with Crippen molar-refractivity contribution in [2.24, 2.45) is 17.3 Å². The Morgan fingerprint density at radius 2 is 1.84 bits per heavy atom. The first-order chi connectivity index (χ1) is 8.99. The molecule has 2 rings (SSSR count). The summed E-state index contributed by atoms with van der Waals surface area (Å²) in [6, 6.07) is 6.03. The highest BCUT2D eigenvalue weighted by Gasteiger charge is 2.07. The third-order valence-electron chi connectivity index (χ3n) is 2.84. The fraction of sp³-hybridized carbons (Fsp3) is 0.231. The van der Waals surface area contributed by atoms with E-state index in [1.807, 2.05) is 20.9 Å². The van der Waals surface area contributed by atoms with E-state index in [0.29, 0.717) is 5.69 Å². The van der Waals surface area contributed by atoms with Gasteiger partial charge in [0.05, 0.1) is 23.0 Å². The first-order valence-corrected chi connectivity index (χ1v) is 5.72. The Balaban J connectivity index is 2.25. The van der Waals surface area contributed by atoms with Crippen molar-refractivity contribution in [2.75, 3.05) is 0 Å². The molecule has 0 saturated carbocycles. The van der Waals surface area contributed by atoms with Gasteiger partial charge in [-0.25, -0.2) is 0 Å². The Morgan fingerprint density at radius 1 is 1.21 bits per heavy atom. The van der Waals surface area contributed by atoms with Gasteiger partial charge in [-0.2, -0.15) is 10.2 Å². The molecular weight excluding hydrogens is 244 g/mol. The summed E-state index contributed by atoms with van der Waals surface area (Å²) in [5, 5.41) is 23.1. The highest BCUT2D eigenvalue weighted by Crippen LogP contribution is 2.24. The Bertz CT molecular complexity index is 641. The predicted molar refractivity (Wildman–Crippen MR) is 67.6 cm³/mol. The zero-order valence-electron chi connectivity index (χ0n) is 10.9. The van der Waals surface area contributed by atoms with Crippen LogP contribution < -0.4 is 5.11 Å². The zero-order chi connectivity index (χ0) is 14.0. The van der Waals surface area contributed by atoms with Crippen molar-refractivity contribution in [1.29, 1.82) is 0 Å². The van der Waals surface area contributed by atoms with Gasteiger partial charge in [0.25, 0.3) is 0 Å². The maximum atomic E-state index is 10.6. The molecule has 0 atom stereocenters. The van der Waals surface area contributed by atoms with Gasteiger partial charge in [0.1, 0.15) is 5.69 Å². The number of hydrogen-bond acceptors (Lipinski definition) is 5. The second-order valence-electron chi connectivity index (χ2n) is 4.18. The minimum atomic E-state index is -1.21. The van der Waals surface area contributed by atoms with Crippen LogP contribution in [0.3, 0.4) is 0 Å². The summed E-state index contributed by atoms with van der Waals surface area (Å²) >= 11 is 0. The molecule has 2 aromatic rings. The van der Waals surface area contributed by atoms with E-state index in [-0.39, 0.29) is 5.56 Å². The van der Waals surface area contributed by atoms with Crippen LogP contribution in [0.4, 0.5) is 11.4 Å². The van der Waals surface area contributed by atoms with Crippen LogP contribution in [0.25, 0.3) is 0 Å². The van der Waals surface area contributed by atoms with E-state index in [0.717, 1.165) is 17.1 Å². The second kappa shape index (κ2) is 5.01. The number of rotatable bonds is 3. The van der Waals surface area contributed by atoms with Gasteiger partial charge in [-0.1, -0.05) is 12.1 Å². The molecule has 1 aromatic heterocycles. The smallest absolute Gasteiger partial charge is 0.129 e. The summed E-state index contributed by atoms with van der Waals surface area (Å²) in [6.07, 6.45) is 0. The number of carboxylic acids is 1. The summed E-state index contributed by atoms with van der Waals surface area (Å²) in [4.78, 5) is 10.6. The molecule has 0 spiro atoms. The molecule has 0 amide bonds. The van der Waals surface area contributed by atoms with Crippen molar-refractivity contribution < 1.29 is 9.90 Å². The average Bonchev–Trinajstić information content (AvgIpc) is 2.62. The summed E-state index contributed by atoms with van der Waals surface area (Å²) in [5.74, 6) is -1.21. The lowest BCUT2D eigenvalue weighted by Gasteiger charge is -2.00. The third kappa shape index (κ3) is 2.67. The summed E-state index contributed by atoms with van der Waals surface area (Å²) in [6.45, 7) is 3.77. The summed E-state index contributed by atoms with van der Waals surface area (Å²) < 4.78 is 1.74. The van der Waals surface area contributed by atoms with Crippen LogP contribution in [0.15, 0.2) is 34.5 Å². The highest BCUT2D eigenvalue weighted by atomic mass is 16.4. The standard InChI is InChI=1S/C13H14N4O2/c1-8-12(9(2)17(3)16-8)15-14-11-6-4-10(5-7-11)13(18)19/h4-7H,1-3H3,(H,18,19)/p-1. The average molecular weight is 257 g/mol. The first kappa shape index (κ1) is 12.9. The van der Waals surface area contributed by atoms with Crippen molar-refractivity contribution in [1.82, 2.24) is 9.78 Å². The molecule has 19 heavy (non-hydrogen) atoms. The van der Waals surface area contributed by atoms with Gasteiger partial charge in [-0.15, -0.1) is 5.11 Å². The minimum absolute atomic E-state index is 0.118. The number of aromatic nitrogens is 2. The number of hydrogen-bond donors (Lipinski definition) is 0. The fourth-order valence-corrected chi connectivity index (χ4v) is 1.68. The van der Waals surface area contributed by atoms with Gasteiger partial charge in [0, 0.05) is 7.05 Å². The number of benzene rings is 1.